The third kappa shape index (κ3) is 4.44. The standard InChI is InChI=1S/C18H15FN4O3/c19-15-10-20-18(22-13-3-1-11(2-4-13)9-16(25)26)23-17(15)21-12-5-7-14(24)8-6-12/h1-8,10,24H,9H2,(H,25,26)(H2,20,21,22,23). The van der Waals surface area contributed by atoms with Gasteiger partial charge in [-0.3, -0.25) is 4.79 Å². The molecule has 0 atom stereocenters. The molecule has 0 saturated heterocycles. The first-order valence-electron chi connectivity index (χ1n) is 7.66. The summed E-state index contributed by atoms with van der Waals surface area (Å²) in [7, 11) is 0. The maximum atomic E-state index is 13.9. The fraction of sp³-hybridized carbons (Fsp3) is 0.0556. The molecule has 26 heavy (non-hydrogen) atoms. The van der Waals surface area contributed by atoms with E-state index in [1.165, 1.54) is 12.1 Å². The van der Waals surface area contributed by atoms with Gasteiger partial charge in [-0.05, 0) is 42.0 Å². The molecule has 1 aromatic heterocycles. The number of nitrogens with zero attached hydrogens (tertiary/aromatic N) is 2. The first-order valence-corrected chi connectivity index (χ1v) is 7.66. The highest BCUT2D eigenvalue weighted by Gasteiger charge is 2.08. The number of aromatic hydroxyl groups is 1. The van der Waals surface area contributed by atoms with Gasteiger partial charge in [0, 0.05) is 11.4 Å². The summed E-state index contributed by atoms with van der Waals surface area (Å²) in [6.07, 6.45) is 0.977. The van der Waals surface area contributed by atoms with Gasteiger partial charge in [-0.2, -0.15) is 4.98 Å². The van der Waals surface area contributed by atoms with Crippen LogP contribution < -0.4 is 10.6 Å². The molecule has 0 aliphatic heterocycles. The molecule has 3 rings (SSSR count). The number of carboxylic acid groups (broad SMARTS) is 1. The van der Waals surface area contributed by atoms with Gasteiger partial charge in [-0.25, -0.2) is 9.37 Å². The van der Waals surface area contributed by atoms with Gasteiger partial charge in [0.2, 0.25) is 5.95 Å². The molecule has 3 aromatic rings. The van der Waals surface area contributed by atoms with Crippen LogP contribution in [-0.2, 0) is 11.2 Å². The topological polar surface area (TPSA) is 107 Å². The minimum absolute atomic E-state index is 0.0179. The predicted molar refractivity (Wildman–Crippen MR) is 94.4 cm³/mol. The number of anilines is 4. The molecule has 0 unspecified atom stereocenters. The second-order valence-electron chi connectivity index (χ2n) is 5.45. The summed E-state index contributed by atoms with van der Waals surface area (Å²) >= 11 is 0. The van der Waals surface area contributed by atoms with Crippen molar-refractivity contribution < 1.29 is 19.4 Å². The molecule has 132 valence electrons. The van der Waals surface area contributed by atoms with Gasteiger partial charge >= 0.3 is 5.97 Å². The molecule has 0 aliphatic rings. The summed E-state index contributed by atoms with van der Waals surface area (Å²) in [5, 5.41) is 23.8. The zero-order valence-corrected chi connectivity index (χ0v) is 13.5. The zero-order chi connectivity index (χ0) is 18.5. The second kappa shape index (κ2) is 7.47. The summed E-state index contributed by atoms with van der Waals surface area (Å²) < 4.78 is 13.9. The number of rotatable bonds is 6. The van der Waals surface area contributed by atoms with Crippen molar-refractivity contribution in [2.75, 3.05) is 10.6 Å². The average molecular weight is 354 g/mol. The lowest BCUT2D eigenvalue weighted by molar-refractivity contribution is -0.136. The van der Waals surface area contributed by atoms with Crippen LogP contribution in [0.5, 0.6) is 5.75 Å². The number of phenolic OH excluding ortho intramolecular Hbond substituents is 1. The lowest BCUT2D eigenvalue weighted by Crippen LogP contribution is -2.03. The predicted octanol–water partition coefficient (Wildman–Crippen LogP) is 3.44. The van der Waals surface area contributed by atoms with E-state index in [1.54, 1.807) is 36.4 Å². The minimum atomic E-state index is -0.905. The summed E-state index contributed by atoms with van der Waals surface area (Å²) in [4.78, 5) is 18.7. The molecular formula is C18H15FN4O3. The van der Waals surface area contributed by atoms with Crippen molar-refractivity contribution in [1.82, 2.24) is 9.97 Å². The number of aliphatic carboxylic acids is 1. The summed E-state index contributed by atoms with van der Waals surface area (Å²) in [5.74, 6) is -1.26. The van der Waals surface area contributed by atoms with Gasteiger partial charge in [0.25, 0.3) is 0 Å². The van der Waals surface area contributed by atoms with Crippen LogP contribution in [0.3, 0.4) is 0 Å². The lowest BCUT2D eigenvalue weighted by Gasteiger charge is -2.10. The highest BCUT2D eigenvalue weighted by Crippen LogP contribution is 2.22. The monoisotopic (exact) mass is 354 g/mol. The smallest absolute Gasteiger partial charge is 0.307 e. The van der Waals surface area contributed by atoms with Crippen molar-refractivity contribution >= 4 is 29.1 Å². The maximum absolute atomic E-state index is 13.9. The van der Waals surface area contributed by atoms with Crippen molar-refractivity contribution in [2.45, 2.75) is 6.42 Å². The molecule has 0 aliphatic carbocycles. The molecule has 8 heteroatoms. The van der Waals surface area contributed by atoms with E-state index in [0.717, 1.165) is 6.20 Å². The van der Waals surface area contributed by atoms with Crippen LogP contribution >= 0.6 is 0 Å². The molecule has 0 saturated carbocycles. The number of nitrogens with one attached hydrogen (secondary N) is 2. The lowest BCUT2D eigenvalue weighted by atomic mass is 10.1. The largest absolute Gasteiger partial charge is 0.508 e. The molecule has 0 bridgehead atoms. The Kier molecular flexibility index (Phi) is 4.93. The number of halogens is 1. The normalized spacial score (nSPS) is 10.3. The second-order valence-corrected chi connectivity index (χ2v) is 5.45. The number of carbonyl (C=O) groups is 1. The third-order valence-corrected chi connectivity index (χ3v) is 3.44. The van der Waals surface area contributed by atoms with Crippen LogP contribution in [-0.4, -0.2) is 26.2 Å². The van der Waals surface area contributed by atoms with Gasteiger partial charge in [0.1, 0.15) is 5.75 Å². The van der Waals surface area contributed by atoms with Gasteiger partial charge in [0.15, 0.2) is 11.6 Å². The Hall–Kier alpha value is -3.68. The van der Waals surface area contributed by atoms with Crippen LogP contribution in [0.4, 0.5) is 27.5 Å². The molecular weight excluding hydrogens is 339 g/mol. The first-order chi connectivity index (χ1) is 12.5. The minimum Gasteiger partial charge on any atom is -0.508 e. The Morgan fingerprint density at radius 3 is 2.27 bits per heavy atom. The zero-order valence-electron chi connectivity index (χ0n) is 13.5. The van der Waals surface area contributed by atoms with Crippen molar-refractivity contribution in [3.05, 3.63) is 66.1 Å². The third-order valence-electron chi connectivity index (χ3n) is 3.44. The van der Waals surface area contributed by atoms with E-state index < -0.39 is 11.8 Å². The van der Waals surface area contributed by atoms with Gasteiger partial charge in [-0.1, -0.05) is 12.1 Å². The number of hydrogen-bond donors (Lipinski definition) is 4. The highest BCUT2D eigenvalue weighted by atomic mass is 19.1. The van der Waals surface area contributed by atoms with Crippen LogP contribution in [0.15, 0.2) is 54.7 Å². The molecule has 0 radical (unpaired) electrons. The molecule has 4 N–H and O–H groups in total. The van der Waals surface area contributed by atoms with Crippen molar-refractivity contribution in [3.63, 3.8) is 0 Å². The van der Waals surface area contributed by atoms with Crippen LogP contribution in [0.2, 0.25) is 0 Å². The quantitative estimate of drug-likeness (QED) is 0.502. The number of carboxylic acids is 1. The summed E-state index contributed by atoms with van der Waals surface area (Å²) in [6.45, 7) is 0. The highest BCUT2D eigenvalue weighted by molar-refractivity contribution is 5.70. The van der Waals surface area contributed by atoms with Crippen molar-refractivity contribution in [3.8, 4) is 5.75 Å². The van der Waals surface area contributed by atoms with Crippen LogP contribution in [0.25, 0.3) is 0 Å². The fourth-order valence-corrected chi connectivity index (χ4v) is 2.21. The number of phenols is 1. The summed E-state index contributed by atoms with van der Waals surface area (Å²) in [6, 6.07) is 12.9. The summed E-state index contributed by atoms with van der Waals surface area (Å²) in [5.41, 5.74) is 1.86. The molecule has 2 aromatic carbocycles. The first kappa shape index (κ1) is 17.2. The van der Waals surface area contributed by atoms with E-state index in [-0.39, 0.29) is 23.9 Å². The Bertz CT molecular complexity index is 915. The molecule has 1 heterocycles. The Balaban J connectivity index is 1.74. The van der Waals surface area contributed by atoms with Gasteiger partial charge in [-0.15, -0.1) is 0 Å². The molecule has 0 amide bonds. The van der Waals surface area contributed by atoms with Gasteiger partial charge < -0.3 is 20.8 Å². The van der Waals surface area contributed by atoms with E-state index in [2.05, 4.69) is 20.6 Å². The Morgan fingerprint density at radius 2 is 1.62 bits per heavy atom. The van der Waals surface area contributed by atoms with Crippen molar-refractivity contribution in [1.29, 1.82) is 0 Å². The van der Waals surface area contributed by atoms with E-state index in [1.807, 2.05) is 0 Å². The maximum Gasteiger partial charge on any atom is 0.307 e. The van der Waals surface area contributed by atoms with E-state index in [9.17, 15) is 14.3 Å². The fourth-order valence-electron chi connectivity index (χ4n) is 2.21. The van der Waals surface area contributed by atoms with E-state index in [4.69, 9.17) is 5.11 Å². The van der Waals surface area contributed by atoms with E-state index in [0.29, 0.717) is 16.9 Å². The number of benzene rings is 2. The Labute approximate surface area is 148 Å². The number of aromatic nitrogens is 2. The Morgan fingerprint density at radius 1 is 1.00 bits per heavy atom. The van der Waals surface area contributed by atoms with Crippen LogP contribution in [0.1, 0.15) is 5.56 Å². The number of hydrogen-bond acceptors (Lipinski definition) is 6. The molecule has 0 fully saturated rings. The van der Waals surface area contributed by atoms with Gasteiger partial charge in [0.05, 0.1) is 12.6 Å². The SMILES string of the molecule is O=C(O)Cc1ccc(Nc2ncc(F)c(Nc3ccc(O)cc3)n2)cc1. The van der Waals surface area contributed by atoms with Crippen molar-refractivity contribution in [2.24, 2.45) is 0 Å². The van der Waals surface area contributed by atoms with Crippen LogP contribution in [0, 0.1) is 5.82 Å². The average Bonchev–Trinajstić information content (AvgIpc) is 2.61. The molecule has 0 spiro atoms. The molecule has 7 nitrogen and oxygen atoms in total. The van der Waals surface area contributed by atoms with E-state index >= 15 is 0 Å².